The fourth-order valence-electron chi connectivity index (χ4n) is 5.20. The fourth-order valence-corrected chi connectivity index (χ4v) is 6.34. The highest BCUT2D eigenvalue weighted by atomic mass is 32.1. The van der Waals surface area contributed by atoms with Crippen molar-refractivity contribution in [1.29, 1.82) is 5.26 Å². The molecule has 2 atom stereocenters. The zero-order valence-corrected chi connectivity index (χ0v) is 20.7. The van der Waals surface area contributed by atoms with Gasteiger partial charge in [-0.3, -0.25) is 9.69 Å². The number of carbonyl (C=O) groups is 1. The van der Waals surface area contributed by atoms with E-state index in [0.29, 0.717) is 17.9 Å². The Labute approximate surface area is 204 Å². The van der Waals surface area contributed by atoms with Gasteiger partial charge in [0.15, 0.2) is 0 Å². The molecule has 7 nitrogen and oxygen atoms in total. The molecule has 3 aromatic rings. The Bertz CT molecular complexity index is 1200. The minimum Gasteiger partial charge on any atom is -0.376 e. The lowest BCUT2D eigenvalue weighted by Gasteiger charge is -2.33. The molecule has 0 bridgehead atoms. The number of thiazole rings is 1. The number of anilines is 1. The van der Waals surface area contributed by atoms with Crippen LogP contribution in [0.1, 0.15) is 60.0 Å². The van der Waals surface area contributed by atoms with Crippen LogP contribution in [-0.2, 0) is 16.1 Å². The fraction of sp³-hybridized carbons (Fsp3) is 0.500. The molecule has 0 radical (unpaired) electrons. The molecule has 178 valence electrons. The zero-order chi connectivity index (χ0) is 23.7. The van der Waals surface area contributed by atoms with Crippen LogP contribution in [-0.4, -0.2) is 46.2 Å². The quantitative estimate of drug-likeness (QED) is 0.544. The van der Waals surface area contributed by atoms with Crippen LogP contribution < -0.4 is 5.32 Å². The van der Waals surface area contributed by atoms with Crippen molar-refractivity contribution in [2.45, 2.75) is 64.6 Å². The molecule has 4 heterocycles. The second kappa shape index (κ2) is 9.87. The summed E-state index contributed by atoms with van der Waals surface area (Å²) in [5.41, 5.74) is 3.49. The molecule has 2 aliphatic rings. The zero-order valence-electron chi connectivity index (χ0n) is 19.8. The van der Waals surface area contributed by atoms with Crippen molar-refractivity contribution in [3.63, 3.8) is 0 Å². The Morgan fingerprint density at radius 2 is 2.12 bits per heavy atom. The van der Waals surface area contributed by atoms with Gasteiger partial charge in [-0.2, -0.15) is 5.26 Å². The average Bonchev–Trinajstić information content (AvgIpc) is 3.56. The lowest BCUT2D eigenvalue weighted by molar-refractivity contribution is -0.118. The highest BCUT2D eigenvalue weighted by Crippen LogP contribution is 2.35. The minimum atomic E-state index is -0.0874. The molecule has 1 aromatic carbocycles. The van der Waals surface area contributed by atoms with Crippen LogP contribution in [0.15, 0.2) is 24.3 Å². The van der Waals surface area contributed by atoms with Crippen LogP contribution in [0.2, 0.25) is 0 Å². The number of nitrogens with zero attached hydrogens (tertiary/aromatic N) is 4. The van der Waals surface area contributed by atoms with Crippen molar-refractivity contribution in [2.24, 2.45) is 0 Å². The normalized spacial score (nSPS) is 21.1. The van der Waals surface area contributed by atoms with E-state index in [1.165, 1.54) is 4.70 Å². The van der Waals surface area contributed by atoms with Gasteiger partial charge in [0, 0.05) is 12.3 Å². The van der Waals surface area contributed by atoms with Gasteiger partial charge < -0.3 is 14.6 Å². The molecule has 8 heteroatoms. The van der Waals surface area contributed by atoms with Gasteiger partial charge in [-0.25, -0.2) is 4.98 Å². The largest absolute Gasteiger partial charge is 0.376 e. The van der Waals surface area contributed by atoms with E-state index in [4.69, 9.17) is 9.72 Å². The van der Waals surface area contributed by atoms with E-state index in [0.717, 1.165) is 67.0 Å². The SMILES string of the molecule is Cc1c(C#N)c(NC(=O)CN2CCCC[C@@H]2c2nc3ccccc3s2)n(C[C@H]2CCCO2)c1C. The Balaban J connectivity index is 1.35. The highest BCUT2D eigenvalue weighted by molar-refractivity contribution is 7.18. The van der Waals surface area contributed by atoms with E-state index in [1.807, 2.05) is 32.0 Å². The number of likely N-dealkylation sites (tertiary alicyclic amines) is 1. The van der Waals surface area contributed by atoms with Crippen LogP contribution in [0.4, 0.5) is 5.82 Å². The van der Waals surface area contributed by atoms with E-state index in [9.17, 15) is 10.1 Å². The van der Waals surface area contributed by atoms with Crippen LogP contribution in [0, 0.1) is 25.2 Å². The number of amides is 1. The van der Waals surface area contributed by atoms with Gasteiger partial charge in [-0.15, -0.1) is 11.3 Å². The number of hydrogen-bond acceptors (Lipinski definition) is 6. The van der Waals surface area contributed by atoms with Crippen LogP contribution in [0.25, 0.3) is 10.2 Å². The number of aromatic nitrogens is 2. The van der Waals surface area contributed by atoms with Gasteiger partial charge in [-0.1, -0.05) is 18.6 Å². The third-order valence-electron chi connectivity index (χ3n) is 7.16. The number of ether oxygens (including phenoxy) is 1. The summed E-state index contributed by atoms with van der Waals surface area (Å²) in [7, 11) is 0. The third kappa shape index (κ3) is 4.48. The molecule has 2 fully saturated rings. The molecule has 1 amide bonds. The summed E-state index contributed by atoms with van der Waals surface area (Å²) >= 11 is 1.72. The molecule has 0 saturated carbocycles. The van der Waals surface area contributed by atoms with Gasteiger partial charge in [0.2, 0.25) is 5.91 Å². The lowest BCUT2D eigenvalue weighted by atomic mass is 10.0. The number of carbonyl (C=O) groups excluding carboxylic acids is 1. The molecule has 5 rings (SSSR count). The Morgan fingerprint density at radius 3 is 2.88 bits per heavy atom. The smallest absolute Gasteiger partial charge is 0.239 e. The van der Waals surface area contributed by atoms with E-state index in [-0.39, 0.29) is 24.6 Å². The maximum atomic E-state index is 13.3. The number of nitriles is 1. The highest BCUT2D eigenvalue weighted by Gasteiger charge is 2.29. The summed E-state index contributed by atoms with van der Waals surface area (Å²) in [6.07, 6.45) is 5.40. The standard InChI is InChI=1S/C26H31N5O2S/c1-17-18(2)31(15-19-8-7-13-33-19)25(20(17)14-27)29-24(32)16-30-12-6-5-10-22(30)26-28-21-9-3-4-11-23(21)34-26/h3-4,9,11,19,22H,5-8,10,12-13,15-16H2,1-2H3,(H,29,32)/t19-,22-/m1/s1. The summed E-state index contributed by atoms with van der Waals surface area (Å²) in [5, 5.41) is 14.0. The molecule has 0 aliphatic carbocycles. The van der Waals surface area contributed by atoms with Gasteiger partial charge in [0.1, 0.15) is 16.9 Å². The maximum absolute atomic E-state index is 13.3. The Kier molecular flexibility index (Phi) is 6.68. The number of piperidine rings is 1. The number of fused-ring (bicyclic) bond motifs is 1. The van der Waals surface area contributed by atoms with E-state index in [2.05, 4.69) is 26.9 Å². The summed E-state index contributed by atoms with van der Waals surface area (Å²) in [6, 6.07) is 10.7. The van der Waals surface area contributed by atoms with E-state index in [1.54, 1.807) is 11.3 Å². The first-order chi connectivity index (χ1) is 16.5. The first-order valence-electron chi connectivity index (χ1n) is 12.2. The molecule has 0 unspecified atom stereocenters. The van der Waals surface area contributed by atoms with Gasteiger partial charge in [-0.05, 0) is 63.8 Å². The van der Waals surface area contributed by atoms with Crippen molar-refractivity contribution < 1.29 is 9.53 Å². The lowest BCUT2D eigenvalue weighted by Crippen LogP contribution is -2.39. The Morgan fingerprint density at radius 1 is 1.26 bits per heavy atom. The predicted molar refractivity (Wildman–Crippen MR) is 134 cm³/mol. The average molecular weight is 478 g/mol. The second-order valence-electron chi connectivity index (χ2n) is 9.34. The van der Waals surface area contributed by atoms with Crippen LogP contribution in [0.5, 0.6) is 0 Å². The Hall–Kier alpha value is -2.73. The minimum absolute atomic E-state index is 0.0874. The van der Waals surface area contributed by atoms with E-state index < -0.39 is 0 Å². The monoisotopic (exact) mass is 477 g/mol. The van der Waals surface area contributed by atoms with Crippen LogP contribution in [0.3, 0.4) is 0 Å². The molecular weight excluding hydrogens is 446 g/mol. The summed E-state index contributed by atoms with van der Waals surface area (Å²) in [4.78, 5) is 20.4. The van der Waals surface area contributed by atoms with Crippen molar-refractivity contribution in [3.05, 3.63) is 46.1 Å². The summed E-state index contributed by atoms with van der Waals surface area (Å²) < 4.78 is 9.08. The van der Waals surface area contributed by atoms with Crippen molar-refractivity contribution >= 4 is 33.3 Å². The van der Waals surface area contributed by atoms with Gasteiger partial charge in [0.25, 0.3) is 0 Å². The summed E-state index contributed by atoms with van der Waals surface area (Å²) in [5.74, 6) is 0.516. The van der Waals surface area contributed by atoms with Crippen molar-refractivity contribution in [1.82, 2.24) is 14.5 Å². The number of nitrogens with one attached hydrogen (secondary N) is 1. The maximum Gasteiger partial charge on any atom is 0.239 e. The number of rotatable bonds is 6. The third-order valence-corrected chi connectivity index (χ3v) is 8.30. The molecule has 2 aliphatic heterocycles. The van der Waals surface area contributed by atoms with Crippen molar-refractivity contribution in [3.8, 4) is 6.07 Å². The van der Waals surface area contributed by atoms with Crippen LogP contribution >= 0.6 is 11.3 Å². The number of para-hydroxylation sites is 1. The molecule has 0 spiro atoms. The molecule has 34 heavy (non-hydrogen) atoms. The summed E-state index contributed by atoms with van der Waals surface area (Å²) in [6.45, 7) is 6.54. The first kappa shape index (κ1) is 23.0. The number of benzene rings is 1. The topological polar surface area (TPSA) is 83.2 Å². The second-order valence-corrected chi connectivity index (χ2v) is 10.4. The molecule has 2 aromatic heterocycles. The molecule has 1 N–H and O–H groups in total. The van der Waals surface area contributed by atoms with Crippen molar-refractivity contribution in [2.75, 3.05) is 25.0 Å². The van der Waals surface area contributed by atoms with E-state index >= 15 is 0 Å². The predicted octanol–water partition coefficient (Wildman–Crippen LogP) is 4.93. The first-order valence-corrected chi connectivity index (χ1v) is 13.0. The molecule has 2 saturated heterocycles. The van der Waals surface area contributed by atoms with Gasteiger partial charge in [0.05, 0.1) is 41.0 Å². The molecular formula is C26H31N5O2S. The number of hydrogen-bond donors (Lipinski definition) is 1. The van der Waals surface area contributed by atoms with Gasteiger partial charge >= 0.3 is 0 Å².